The molecule has 0 radical (unpaired) electrons. The maximum atomic E-state index is 10.6. The summed E-state index contributed by atoms with van der Waals surface area (Å²) in [5.41, 5.74) is 5.05. The second-order valence-electron chi connectivity index (χ2n) is 2.57. The molecular weight excluding hydrogens is 158 g/mol. The molecule has 1 aromatic heterocycles. The summed E-state index contributed by atoms with van der Waals surface area (Å²) >= 11 is 0. The number of aromatic amines is 2. The first kappa shape index (κ1) is 8.79. The van der Waals surface area contributed by atoms with Gasteiger partial charge in [0.15, 0.2) is 0 Å². The van der Waals surface area contributed by atoms with E-state index in [1.807, 2.05) is 11.9 Å². The maximum absolute atomic E-state index is 10.6. The van der Waals surface area contributed by atoms with Gasteiger partial charge >= 0.3 is 5.69 Å². The number of aromatic nitrogens is 3. The Hall–Kier alpha value is -1.30. The smallest absolute Gasteiger partial charge is 0.342 e. The van der Waals surface area contributed by atoms with Crippen LogP contribution in [0, 0.1) is 0 Å². The van der Waals surface area contributed by atoms with E-state index in [-0.39, 0.29) is 5.69 Å². The highest BCUT2D eigenvalue weighted by Gasteiger charge is 2.02. The summed E-state index contributed by atoms with van der Waals surface area (Å²) in [6, 6.07) is 0. The Labute approximate surface area is 69.8 Å². The Bertz CT molecular complexity index is 277. The molecule has 0 aliphatic rings. The van der Waals surface area contributed by atoms with Crippen LogP contribution in [0.2, 0.25) is 0 Å². The van der Waals surface area contributed by atoms with Gasteiger partial charge in [-0.25, -0.2) is 9.89 Å². The minimum absolute atomic E-state index is 0.287. The lowest BCUT2D eigenvalue weighted by Gasteiger charge is -2.13. The fourth-order valence-corrected chi connectivity index (χ4v) is 0.876. The molecule has 68 valence electrons. The number of H-pyrrole nitrogens is 2. The fourth-order valence-electron chi connectivity index (χ4n) is 0.876. The fraction of sp³-hybridized carbons (Fsp3) is 0.667. The molecule has 6 nitrogen and oxygen atoms in total. The van der Waals surface area contributed by atoms with E-state index in [0.717, 1.165) is 13.0 Å². The van der Waals surface area contributed by atoms with Crippen LogP contribution in [0.1, 0.15) is 6.42 Å². The van der Waals surface area contributed by atoms with Gasteiger partial charge in [0.05, 0.1) is 0 Å². The number of nitrogens with zero attached hydrogens (tertiary/aromatic N) is 2. The van der Waals surface area contributed by atoms with Crippen LogP contribution < -0.4 is 16.3 Å². The van der Waals surface area contributed by atoms with Crippen molar-refractivity contribution < 1.29 is 0 Å². The lowest BCUT2D eigenvalue weighted by molar-refractivity contribution is 0.776. The van der Waals surface area contributed by atoms with Crippen LogP contribution >= 0.6 is 0 Å². The quantitative estimate of drug-likeness (QED) is 0.535. The zero-order chi connectivity index (χ0) is 8.97. The lowest BCUT2D eigenvalue weighted by atomic mass is 10.4. The molecule has 1 heterocycles. The minimum atomic E-state index is -0.287. The highest BCUT2D eigenvalue weighted by molar-refractivity contribution is 5.24. The Morgan fingerprint density at radius 3 is 2.92 bits per heavy atom. The van der Waals surface area contributed by atoms with Crippen molar-refractivity contribution in [2.24, 2.45) is 5.73 Å². The molecule has 1 aromatic rings. The molecule has 0 aliphatic heterocycles. The van der Waals surface area contributed by atoms with Gasteiger partial charge < -0.3 is 10.6 Å². The summed E-state index contributed by atoms with van der Waals surface area (Å²) in [7, 11) is 1.85. The largest absolute Gasteiger partial charge is 0.344 e. The van der Waals surface area contributed by atoms with Gasteiger partial charge in [-0.2, -0.15) is 0 Å². The second kappa shape index (κ2) is 3.91. The summed E-state index contributed by atoms with van der Waals surface area (Å²) < 4.78 is 0. The monoisotopic (exact) mass is 171 g/mol. The van der Waals surface area contributed by atoms with E-state index < -0.39 is 0 Å². The Morgan fingerprint density at radius 1 is 1.67 bits per heavy atom. The predicted molar refractivity (Wildman–Crippen MR) is 46.1 cm³/mol. The Morgan fingerprint density at radius 2 is 2.42 bits per heavy atom. The third-order valence-corrected chi connectivity index (χ3v) is 1.55. The van der Waals surface area contributed by atoms with E-state index in [1.54, 1.807) is 0 Å². The first-order valence-electron chi connectivity index (χ1n) is 3.80. The van der Waals surface area contributed by atoms with Gasteiger partial charge in [0.25, 0.3) is 0 Å². The molecule has 6 heteroatoms. The van der Waals surface area contributed by atoms with Gasteiger partial charge in [0.2, 0.25) is 5.95 Å². The Balaban J connectivity index is 2.53. The maximum Gasteiger partial charge on any atom is 0.342 e. The first-order valence-corrected chi connectivity index (χ1v) is 3.80. The summed E-state index contributed by atoms with van der Waals surface area (Å²) in [5, 5.41) is 6.05. The van der Waals surface area contributed by atoms with E-state index >= 15 is 0 Å². The van der Waals surface area contributed by atoms with Gasteiger partial charge in [-0.3, -0.25) is 4.98 Å². The van der Waals surface area contributed by atoms with Crippen molar-refractivity contribution in [3.8, 4) is 0 Å². The van der Waals surface area contributed by atoms with Crippen LogP contribution in [0.3, 0.4) is 0 Å². The topological polar surface area (TPSA) is 90.8 Å². The molecule has 0 atom stereocenters. The summed E-state index contributed by atoms with van der Waals surface area (Å²) in [4.78, 5) is 15.0. The third-order valence-electron chi connectivity index (χ3n) is 1.55. The standard InChI is InChI=1S/C6H13N5O/c1-11(4-2-3-7)5-8-6(12)10-9-5/h2-4,7H2,1H3,(H2,8,9,10,12). The van der Waals surface area contributed by atoms with E-state index in [1.165, 1.54) is 0 Å². The van der Waals surface area contributed by atoms with Crippen LogP contribution in [0.15, 0.2) is 4.79 Å². The summed E-state index contributed by atoms with van der Waals surface area (Å²) in [6.07, 6.45) is 0.880. The normalized spacial score (nSPS) is 10.2. The van der Waals surface area contributed by atoms with Gasteiger partial charge in [-0.05, 0) is 13.0 Å². The molecule has 0 fully saturated rings. The van der Waals surface area contributed by atoms with Crippen molar-refractivity contribution in [1.29, 1.82) is 0 Å². The van der Waals surface area contributed by atoms with Gasteiger partial charge in [-0.15, -0.1) is 5.10 Å². The molecule has 0 aliphatic carbocycles. The molecule has 0 saturated heterocycles. The second-order valence-corrected chi connectivity index (χ2v) is 2.57. The van der Waals surface area contributed by atoms with Gasteiger partial charge in [-0.1, -0.05) is 0 Å². The van der Waals surface area contributed by atoms with Crippen molar-refractivity contribution in [2.75, 3.05) is 25.0 Å². The summed E-state index contributed by atoms with van der Waals surface area (Å²) in [5.74, 6) is 0.549. The Kier molecular flexibility index (Phi) is 2.87. The summed E-state index contributed by atoms with van der Waals surface area (Å²) in [6.45, 7) is 1.43. The van der Waals surface area contributed by atoms with Crippen molar-refractivity contribution in [3.63, 3.8) is 0 Å². The number of hydrogen-bond donors (Lipinski definition) is 3. The molecule has 0 unspecified atom stereocenters. The zero-order valence-corrected chi connectivity index (χ0v) is 7.00. The van der Waals surface area contributed by atoms with Crippen LogP contribution in [-0.4, -0.2) is 35.3 Å². The van der Waals surface area contributed by atoms with Crippen LogP contribution in [0.5, 0.6) is 0 Å². The SMILES string of the molecule is CN(CCCN)c1n[nH]c(=O)[nH]1. The zero-order valence-electron chi connectivity index (χ0n) is 7.00. The number of nitrogens with two attached hydrogens (primary N) is 1. The van der Waals surface area contributed by atoms with Crippen molar-refractivity contribution in [3.05, 3.63) is 10.5 Å². The molecule has 1 rings (SSSR count). The molecule has 0 spiro atoms. The third kappa shape index (κ3) is 2.09. The highest BCUT2D eigenvalue weighted by atomic mass is 16.1. The van der Waals surface area contributed by atoms with Crippen LogP contribution in [-0.2, 0) is 0 Å². The number of hydrogen-bond acceptors (Lipinski definition) is 4. The van der Waals surface area contributed by atoms with Crippen LogP contribution in [0.4, 0.5) is 5.95 Å². The molecule has 12 heavy (non-hydrogen) atoms. The number of anilines is 1. The average Bonchev–Trinajstić information content (AvgIpc) is 2.47. The average molecular weight is 171 g/mol. The highest BCUT2D eigenvalue weighted by Crippen LogP contribution is 1.98. The minimum Gasteiger partial charge on any atom is -0.344 e. The van der Waals surface area contributed by atoms with Crippen LogP contribution in [0.25, 0.3) is 0 Å². The van der Waals surface area contributed by atoms with E-state index in [0.29, 0.717) is 12.5 Å². The van der Waals surface area contributed by atoms with Gasteiger partial charge in [0, 0.05) is 13.6 Å². The molecule has 4 N–H and O–H groups in total. The van der Waals surface area contributed by atoms with E-state index in [2.05, 4.69) is 15.2 Å². The van der Waals surface area contributed by atoms with Crippen molar-refractivity contribution in [1.82, 2.24) is 15.2 Å². The number of nitrogens with one attached hydrogen (secondary N) is 2. The number of rotatable bonds is 4. The van der Waals surface area contributed by atoms with Crippen molar-refractivity contribution in [2.45, 2.75) is 6.42 Å². The van der Waals surface area contributed by atoms with E-state index in [4.69, 9.17) is 5.73 Å². The first-order chi connectivity index (χ1) is 5.74. The molecule has 0 aromatic carbocycles. The molecule has 0 saturated carbocycles. The van der Waals surface area contributed by atoms with Crippen molar-refractivity contribution >= 4 is 5.95 Å². The van der Waals surface area contributed by atoms with Gasteiger partial charge in [0.1, 0.15) is 0 Å². The molecule has 0 amide bonds. The van der Waals surface area contributed by atoms with E-state index in [9.17, 15) is 4.79 Å². The predicted octanol–water partition coefficient (Wildman–Crippen LogP) is -1.12. The molecular formula is C6H13N5O. The molecule has 0 bridgehead atoms. The lowest BCUT2D eigenvalue weighted by Crippen LogP contribution is -2.22.